The summed E-state index contributed by atoms with van der Waals surface area (Å²) in [4.78, 5) is 0. The van der Waals surface area contributed by atoms with Crippen molar-refractivity contribution in [3.63, 3.8) is 0 Å². The number of aryl methyl sites for hydroxylation is 1. The molecule has 2 aromatic heterocycles. The van der Waals surface area contributed by atoms with Crippen LogP contribution in [-0.4, -0.2) is 32.5 Å². The van der Waals surface area contributed by atoms with Gasteiger partial charge in [-0.2, -0.15) is 22.8 Å². The summed E-state index contributed by atoms with van der Waals surface area (Å²) >= 11 is 0. The zero-order chi connectivity index (χ0) is 12.5. The Kier molecular flexibility index (Phi) is 2.97. The van der Waals surface area contributed by atoms with Gasteiger partial charge >= 0.3 is 6.18 Å². The molecular formula is C9H10F3N5. The second-order valence-corrected chi connectivity index (χ2v) is 3.58. The van der Waals surface area contributed by atoms with E-state index in [1.54, 1.807) is 19.1 Å². The number of hydrogen-bond donors (Lipinski definition) is 1. The molecule has 0 amide bonds. The van der Waals surface area contributed by atoms with E-state index >= 15 is 0 Å². The zero-order valence-electron chi connectivity index (χ0n) is 8.99. The number of rotatable bonds is 3. The summed E-state index contributed by atoms with van der Waals surface area (Å²) in [5, 5.41) is 14.0. The second kappa shape index (κ2) is 4.28. The van der Waals surface area contributed by atoms with E-state index in [9.17, 15) is 13.2 Å². The predicted molar refractivity (Wildman–Crippen MR) is 53.3 cm³/mol. The van der Waals surface area contributed by atoms with Gasteiger partial charge in [-0.25, -0.2) is 0 Å². The Morgan fingerprint density at radius 1 is 1.29 bits per heavy atom. The van der Waals surface area contributed by atoms with E-state index < -0.39 is 12.7 Å². The second-order valence-electron chi connectivity index (χ2n) is 3.58. The lowest BCUT2D eigenvalue weighted by Gasteiger charge is -2.06. The lowest BCUT2D eigenvalue weighted by molar-refractivity contribution is -0.125. The van der Waals surface area contributed by atoms with Gasteiger partial charge in [-0.15, -0.1) is 10.2 Å². The van der Waals surface area contributed by atoms with Gasteiger partial charge in [0.15, 0.2) is 11.5 Å². The first kappa shape index (κ1) is 11.8. The van der Waals surface area contributed by atoms with Crippen LogP contribution in [0.15, 0.2) is 12.1 Å². The summed E-state index contributed by atoms with van der Waals surface area (Å²) in [6.07, 6.45) is -4.23. The summed E-state index contributed by atoms with van der Waals surface area (Å²) in [7, 11) is 0. The molecule has 2 heterocycles. The predicted octanol–water partition coefficient (Wildman–Crippen LogP) is 1.08. The van der Waals surface area contributed by atoms with E-state index in [0.717, 1.165) is 5.69 Å². The van der Waals surface area contributed by atoms with Gasteiger partial charge in [0.25, 0.3) is 0 Å². The van der Waals surface area contributed by atoms with Crippen molar-refractivity contribution in [2.24, 2.45) is 0 Å². The van der Waals surface area contributed by atoms with Gasteiger partial charge in [-0.1, -0.05) is 0 Å². The van der Waals surface area contributed by atoms with Gasteiger partial charge in [-0.3, -0.25) is 0 Å². The number of aromatic nitrogens is 4. The fourth-order valence-corrected chi connectivity index (χ4v) is 1.35. The summed E-state index contributed by atoms with van der Waals surface area (Å²) in [5.74, 6) is 0.355. The highest BCUT2D eigenvalue weighted by Crippen LogP contribution is 2.12. The molecule has 0 atom stereocenters. The molecule has 92 valence electrons. The smallest absolute Gasteiger partial charge is 0.302 e. The van der Waals surface area contributed by atoms with Crippen LogP contribution < -0.4 is 5.32 Å². The van der Waals surface area contributed by atoms with Crippen molar-refractivity contribution in [1.29, 1.82) is 0 Å². The Bertz CT molecular complexity index is 519. The molecule has 0 saturated carbocycles. The highest BCUT2D eigenvalue weighted by molar-refractivity contribution is 5.35. The molecule has 0 aromatic carbocycles. The third-order valence-electron chi connectivity index (χ3n) is 2.07. The van der Waals surface area contributed by atoms with E-state index in [2.05, 4.69) is 20.6 Å². The molecule has 2 aromatic rings. The third kappa shape index (κ3) is 2.90. The molecule has 0 spiro atoms. The maximum Gasteiger partial charge on any atom is 0.401 e. The van der Waals surface area contributed by atoms with Crippen LogP contribution in [0.5, 0.6) is 0 Å². The molecule has 17 heavy (non-hydrogen) atoms. The van der Waals surface area contributed by atoms with Crippen molar-refractivity contribution in [1.82, 2.24) is 25.1 Å². The number of nitrogens with one attached hydrogen (secondary N) is 1. The maximum atomic E-state index is 11.9. The Balaban J connectivity index is 2.11. The Morgan fingerprint density at radius 2 is 2.06 bits per heavy atom. The van der Waals surface area contributed by atoms with Crippen LogP contribution >= 0.6 is 0 Å². The van der Waals surface area contributed by atoms with Crippen LogP contribution in [0.25, 0.3) is 5.65 Å². The van der Waals surface area contributed by atoms with Gasteiger partial charge in [-0.05, 0) is 19.1 Å². The van der Waals surface area contributed by atoms with Crippen molar-refractivity contribution in [2.75, 3.05) is 6.54 Å². The quantitative estimate of drug-likeness (QED) is 0.879. The molecule has 1 N–H and O–H groups in total. The van der Waals surface area contributed by atoms with Gasteiger partial charge < -0.3 is 5.32 Å². The van der Waals surface area contributed by atoms with Crippen LogP contribution in [0.1, 0.15) is 11.5 Å². The Hall–Kier alpha value is -1.70. The minimum absolute atomic E-state index is 0.0306. The molecule has 0 saturated heterocycles. The van der Waals surface area contributed by atoms with E-state index in [1.165, 1.54) is 4.52 Å². The van der Waals surface area contributed by atoms with Crippen molar-refractivity contribution in [3.8, 4) is 0 Å². The maximum absolute atomic E-state index is 11.9. The topological polar surface area (TPSA) is 55.1 Å². The number of hydrogen-bond acceptors (Lipinski definition) is 4. The number of halogens is 3. The molecule has 2 rings (SSSR count). The van der Waals surface area contributed by atoms with Crippen LogP contribution in [0.2, 0.25) is 0 Å². The first-order chi connectivity index (χ1) is 7.96. The van der Waals surface area contributed by atoms with Crippen molar-refractivity contribution >= 4 is 5.65 Å². The minimum Gasteiger partial charge on any atom is -0.302 e. The number of alkyl halides is 3. The van der Waals surface area contributed by atoms with Gasteiger partial charge in [0, 0.05) is 0 Å². The summed E-state index contributed by atoms with van der Waals surface area (Å²) < 4.78 is 37.3. The van der Waals surface area contributed by atoms with Gasteiger partial charge in [0.05, 0.1) is 18.8 Å². The summed E-state index contributed by atoms with van der Waals surface area (Å²) in [6.45, 7) is 0.692. The normalized spacial score (nSPS) is 12.2. The third-order valence-corrected chi connectivity index (χ3v) is 2.07. The molecular weight excluding hydrogens is 235 g/mol. The van der Waals surface area contributed by atoms with Crippen LogP contribution in [0.3, 0.4) is 0 Å². The first-order valence-corrected chi connectivity index (χ1v) is 4.91. The molecule has 0 fully saturated rings. The van der Waals surface area contributed by atoms with E-state index in [0.29, 0.717) is 11.5 Å². The lowest BCUT2D eigenvalue weighted by atomic mass is 10.4. The largest absolute Gasteiger partial charge is 0.401 e. The van der Waals surface area contributed by atoms with Crippen LogP contribution in [0, 0.1) is 6.92 Å². The monoisotopic (exact) mass is 245 g/mol. The summed E-state index contributed by atoms with van der Waals surface area (Å²) in [6, 6.07) is 3.47. The highest BCUT2D eigenvalue weighted by atomic mass is 19.4. The average Bonchev–Trinajstić information content (AvgIpc) is 2.59. The molecule has 8 heteroatoms. The molecule has 0 aliphatic rings. The SMILES string of the molecule is Cc1ccc2nnc(CNCC(F)(F)F)n2n1. The van der Waals surface area contributed by atoms with Crippen molar-refractivity contribution in [2.45, 2.75) is 19.6 Å². The molecule has 0 unspecified atom stereocenters. The molecule has 0 aliphatic carbocycles. The van der Waals surface area contributed by atoms with Gasteiger partial charge in [0.1, 0.15) is 0 Å². The van der Waals surface area contributed by atoms with E-state index in [-0.39, 0.29) is 6.54 Å². The van der Waals surface area contributed by atoms with Crippen molar-refractivity contribution in [3.05, 3.63) is 23.7 Å². The standard InChI is InChI=1S/C9H10F3N5/c1-6-2-3-7-14-15-8(17(7)16-6)4-13-5-9(10,11)12/h2-3,13H,4-5H2,1H3. The average molecular weight is 245 g/mol. The molecule has 0 radical (unpaired) electrons. The fraction of sp³-hybridized carbons (Fsp3) is 0.444. The Morgan fingerprint density at radius 3 is 2.76 bits per heavy atom. The lowest BCUT2D eigenvalue weighted by Crippen LogP contribution is -2.29. The van der Waals surface area contributed by atoms with Crippen molar-refractivity contribution < 1.29 is 13.2 Å². The van der Waals surface area contributed by atoms with Crippen LogP contribution in [0.4, 0.5) is 13.2 Å². The van der Waals surface area contributed by atoms with Crippen LogP contribution in [-0.2, 0) is 6.54 Å². The molecule has 0 bridgehead atoms. The molecule has 5 nitrogen and oxygen atoms in total. The van der Waals surface area contributed by atoms with E-state index in [1.807, 2.05) is 0 Å². The first-order valence-electron chi connectivity index (χ1n) is 4.91. The van der Waals surface area contributed by atoms with E-state index in [4.69, 9.17) is 0 Å². The zero-order valence-corrected chi connectivity index (χ0v) is 8.99. The van der Waals surface area contributed by atoms with Gasteiger partial charge in [0.2, 0.25) is 0 Å². The number of nitrogens with zero attached hydrogens (tertiary/aromatic N) is 4. The fourth-order valence-electron chi connectivity index (χ4n) is 1.35. The molecule has 0 aliphatic heterocycles. The number of fused-ring (bicyclic) bond motifs is 1. The Labute approximate surface area is 94.7 Å². The minimum atomic E-state index is -4.23. The summed E-state index contributed by atoms with van der Waals surface area (Å²) in [5.41, 5.74) is 1.26. The highest BCUT2D eigenvalue weighted by Gasteiger charge is 2.26.